The number of esters is 1. The van der Waals surface area contributed by atoms with Crippen molar-refractivity contribution in [2.45, 2.75) is 39.3 Å². The third-order valence-electron chi connectivity index (χ3n) is 4.35. The minimum atomic E-state index is -0.562. The number of nitrogens with one attached hydrogen (secondary N) is 1. The number of carbonyl (C=O) groups excluding carboxylic acids is 2. The summed E-state index contributed by atoms with van der Waals surface area (Å²) in [5.74, 6) is -0.253. The van der Waals surface area contributed by atoms with Gasteiger partial charge in [-0.15, -0.1) is 0 Å². The summed E-state index contributed by atoms with van der Waals surface area (Å²) in [6.07, 6.45) is 3.14. The molecule has 0 unspecified atom stereocenters. The summed E-state index contributed by atoms with van der Waals surface area (Å²) in [7, 11) is 1.28. The molecule has 1 fully saturated rings. The van der Waals surface area contributed by atoms with E-state index in [0.29, 0.717) is 5.89 Å². The Hall–Kier alpha value is -2.83. The van der Waals surface area contributed by atoms with Crippen molar-refractivity contribution in [2.75, 3.05) is 12.4 Å². The van der Waals surface area contributed by atoms with Gasteiger partial charge in [-0.3, -0.25) is 0 Å². The first-order valence-electron chi connectivity index (χ1n) is 8.16. The van der Waals surface area contributed by atoms with Crippen LogP contribution in [0.3, 0.4) is 0 Å². The fraction of sp³-hybridized carbons (Fsp3) is 0.389. The molecular weight excluding hydrogens is 322 g/mol. The van der Waals surface area contributed by atoms with Gasteiger partial charge in [0.05, 0.1) is 13.7 Å². The van der Waals surface area contributed by atoms with E-state index in [-0.39, 0.29) is 24.3 Å². The van der Waals surface area contributed by atoms with Gasteiger partial charge in [0.25, 0.3) is 0 Å². The molecule has 2 amide bonds. The van der Waals surface area contributed by atoms with Crippen molar-refractivity contribution < 1.29 is 18.7 Å². The molecular formula is C18H21N3O4. The quantitative estimate of drug-likeness (QED) is 0.842. The minimum absolute atomic E-state index is 0.100. The number of carbonyl (C=O) groups is 2. The summed E-state index contributed by atoms with van der Waals surface area (Å²) in [4.78, 5) is 30.0. The van der Waals surface area contributed by atoms with E-state index in [1.807, 2.05) is 32.0 Å². The smallest absolute Gasteiger partial charge is 0.360 e. The van der Waals surface area contributed by atoms with Crippen LogP contribution < -0.4 is 5.32 Å². The van der Waals surface area contributed by atoms with Crippen molar-refractivity contribution in [3.63, 3.8) is 0 Å². The average Bonchev–Trinajstić information content (AvgIpc) is 3.33. The van der Waals surface area contributed by atoms with Crippen LogP contribution in [0.5, 0.6) is 0 Å². The molecule has 1 N–H and O–H groups in total. The maximum atomic E-state index is 12.7. The zero-order valence-electron chi connectivity index (χ0n) is 14.5. The Morgan fingerprint density at radius 2 is 2.12 bits per heavy atom. The molecule has 7 nitrogen and oxygen atoms in total. The Bertz CT molecular complexity index is 795. The predicted molar refractivity (Wildman–Crippen MR) is 91.3 cm³/mol. The summed E-state index contributed by atoms with van der Waals surface area (Å²) in [6.45, 7) is 4.19. The molecule has 1 aromatic heterocycles. The zero-order valence-corrected chi connectivity index (χ0v) is 14.5. The van der Waals surface area contributed by atoms with Crippen LogP contribution >= 0.6 is 0 Å². The van der Waals surface area contributed by atoms with E-state index in [1.165, 1.54) is 13.4 Å². The predicted octanol–water partition coefficient (Wildman–Crippen LogP) is 3.27. The van der Waals surface area contributed by atoms with Gasteiger partial charge in [-0.25, -0.2) is 14.6 Å². The highest BCUT2D eigenvalue weighted by Crippen LogP contribution is 2.29. The van der Waals surface area contributed by atoms with Gasteiger partial charge in [-0.05, 0) is 43.9 Å². The molecule has 1 saturated carbocycles. The fourth-order valence-corrected chi connectivity index (χ4v) is 2.55. The second-order valence-electron chi connectivity index (χ2n) is 6.15. The first kappa shape index (κ1) is 17.0. The van der Waals surface area contributed by atoms with Crippen molar-refractivity contribution in [3.8, 4) is 0 Å². The molecule has 0 aliphatic heterocycles. The van der Waals surface area contributed by atoms with Gasteiger partial charge in [-0.1, -0.05) is 12.1 Å². The van der Waals surface area contributed by atoms with Gasteiger partial charge in [-0.2, -0.15) is 0 Å². The summed E-state index contributed by atoms with van der Waals surface area (Å²) >= 11 is 0. The molecule has 0 spiro atoms. The largest absolute Gasteiger partial charge is 0.464 e. The number of rotatable bonds is 5. The molecule has 0 atom stereocenters. The Kier molecular flexibility index (Phi) is 4.74. The number of amides is 2. The maximum Gasteiger partial charge on any atom is 0.360 e. The Morgan fingerprint density at radius 3 is 2.80 bits per heavy atom. The lowest BCUT2D eigenvalue weighted by molar-refractivity contribution is 0.0594. The van der Waals surface area contributed by atoms with Crippen LogP contribution in [0.15, 0.2) is 28.9 Å². The van der Waals surface area contributed by atoms with Gasteiger partial charge >= 0.3 is 12.0 Å². The van der Waals surface area contributed by atoms with Crippen LogP contribution in [-0.2, 0) is 11.3 Å². The molecule has 7 heteroatoms. The van der Waals surface area contributed by atoms with Crippen LogP contribution in [-0.4, -0.2) is 35.0 Å². The summed E-state index contributed by atoms with van der Waals surface area (Å²) in [6, 6.07) is 5.76. The number of aromatic nitrogens is 1. The van der Waals surface area contributed by atoms with E-state index < -0.39 is 5.97 Å². The highest BCUT2D eigenvalue weighted by Gasteiger charge is 2.34. The van der Waals surface area contributed by atoms with Crippen LogP contribution in [0.4, 0.5) is 10.5 Å². The van der Waals surface area contributed by atoms with Gasteiger partial charge < -0.3 is 19.4 Å². The van der Waals surface area contributed by atoms with Gasteiger partial charge in [0.15, 0.2) is 5.69 Å². The van der Waals surface area contributed by atoms with E-state index in [9.17, 15) is 9.59 Å². The molecule has 1 aromatic carbocycles. The summed E-state index contributed by atoms with van der Waals surface area (Å²) in [5, 5.41) is 2.96. The number of aryl methyl sites for hydroxylation is 1. The Balaban J connectivity index is 1.73. The normalized spacial score (nSPS) is 13.4. The standard InChI is InChI=1S/C18H21N3O4/c1-11-5-4-6-14(12(11)2)20-18(23)21(13-7-8-13)9-16-19-15(10-25-16)17(22)24-3/h4-6,10,13H,7-9H2,1-3H3,(H,20,23). The van der Waals surface area contributed by atoms with Gasteiger partial charge in [0.2, 0.25) is 5.89 Å². The van der Waals surface area contributed by atoms with E-state index >= 15 is 0 Å². The molecule has 0 saturated heterocycles. The van der Waals surface area contributed by atoms with Crippen LogP contribution in [0, 0.1) is 13.8 Å². The van der Waals surface area contributed by atoms with Crippen molar-refractivity contribution in [1.82, 2.24) is 9.88 Å². The number of oxazole rings is 1. The van der Waals surface area contributed by atoms with E-state index in [4.69, 9.17) is 4.42 Å². The van der Waals surface area contributed by atoms with E-state index in [2.05, 4.69) is 15.0 Å². The third-order valence-corrected chi connectivity index (χ3v) is 4.35. The lowest BCUT2D eigenvalue weighted by Crippen LogP contribution is -2.36. The zero-order chi connectivity index (χ0) is 18.0. The van der Waals surface area contributed by atoms with Crippen LogP contribution in [0.2, 0.25) is 0 Å². The molecule has 0 radical (unpaired) electrons. The number of ether oxygens (including phenoxy) is 1. The molecule has 25 heavy (non-hydrogen) atoms. The number of urea groups is 1. The SMILES string of the molecule is COC(=O)c1coc(CN(C(=O)Nc2cccc(C)c2C)C2CC2)n1. The Morgan fingerprint density at radius 1 is 1.36 bits per heavy atom. The summed E-state index contributed by atoms with van der Waals surface area (Å²) in [5.41, 5.74) is 3.04. The molecule has 1 heterocycles. The number of nitrogens with zero attached hydrogens (tertiary/aromatic N) is 2. The van der Waals surface area contributed by atoms with E-state index in [1.54, 1.807) is 4.90 Å². The highest BCUT2D eigenvalue weighted by molar-refractivity contribution is 5.90. The highest BCUT2D eigenvalue weighted by atomic mass is 16.5. The minimum Gasteiger partial charge on any atom is -0.464 e. The number of hydrogen-bond donors (Lipinski definition) is 1. The fourth-order valence-electron chi connectivity index (χ4n) is 2.55. The van der Waals surface area contributed by atoms with Crippen LogP contribution in [0.1, 0.15) is 40.3 Å². The molecule has 3 rings (SSSR count). The van der Waals surface area contributed by atoms with Crippen molar-refractivity contribution in [3.05, 3.63) is 47.2 Å². The number of anilines is 1. The second-order valence-corrected chi connectivity index (χ2v) is 6.15. The first-order valence-corrected chi connectivity index (χ1v) is 8.16. The van der Waals surface area contributed by atoms with Crippen molar-refractivity contribution >= 4 is 17.7 Å². The Labute approximate surface area is 146 Å². The summed E-state index contributed by atoms with van der Waals surface area (Å²) < 4.78 is 9.92. The van der Waals surface area contributed by atoms with Crippen molar-refractivity contribution in [2.24, 2.45) is 0 Å². The third kappa shape index (κ3) is 3.81. The molecule has 1 aliphatic rings. The topological polar surface area (TPSA) is 84.7 Å². The van der Waals surface area contributed by atoms with Gasteiger partial charge in [0, 0.05) is 11.7 Å². The van der Waals surface area contributed by atoms with Gasteiger partial charge in [0.1, 0.15) is 6.26 Å². The maximum absolute atomic E-state index is 12.7. The number of methoxy groups -OCH3 is 1. The van der Waals surface area contributed by atoms with Crippen LogP contribution in [0.25, 0.3) is 0 Å². The number of hydrogen-bond acceptors (Lipinski definition) is 5. The number of benzene rings is 1. The molecule has 1 aliphatic carbocycles. The van der Waals surface area contributed by atoms with E-state index in [0.717, 1.165) is 29.7 Å². The molecule has 132 valence electrons. The monoisotopic (exact) mass is 343 g/mol. The average molecular weight is 343 g/mol. The lowest BCUT2D eigenvalue weighted by atomic mass is 10.1. The second kappa shape index (κ2) is 6.96. The first-order chi connectivity index (χ1) is 12.0. The van der Waals surface area contributed by atoms with Crippen molar-refractivity contribution in [1.29, 1.82) is 0 Å². The lowest BCUT2D eigenvalue weighted by Gasteiger charge is -2.22. The molecule has 0 bridgehead atoms. The molecule has 2 aromatic rings.